The first-order chi connectivity index (χ1) is 17.1. The fraction of sp³-hybridized carbons (Fsp3) is 0.148. The number of nitrogens with one attached hydrogen (secondary N) is 3. The van der Waals surface area contributed by atoms with Crippen LogP contribution in [0.15, 0.2) is 84.1 Å². The topological polar surface area (TPSA) is 122 Å². The summed E-state index contributed by atoms with van der Waals surface area (Å²) in [4.78, 5) is 26.2. The predicted octanol–water partition coefficient (Wildman–Crippen LogP) is 4.11. The number of ether oxygens (including phenoxy) is 1. The highest BCUT2D eigenvalue weighted by atomic mass is 16.5. The number of carbonyl (C=O) groups excluding carboxylic acids is 2. The Morgan fingerprint density at radius 2 is 1.80 bits per heavy atom. The molecule has 0 aliphatic heterocycles. The average molecular weight is 470 g/mol. The number of nitrogens with zero attached hydrogens (tertiary/aromatic N) is 1. The Kier molecular flexibility index (Phi) is 7.75. The number of primary amides is 1. The number of aromatic amines is 1. The monoisotopic (exact) mass is 469 g/mol. The summed E-state index contributed by atoms with van der Waals surface area (Å²) in [5, 5.41) is 8.18. The maximum Gasteiger partial charge on any atom is 0.407 e. The van der Waals surface area contributed by atoms with E-state index in [9.17, 15) is 9.59 Å². The van der Waals surface area contributed by atoms with Gasteiger partial charge in [-0.25, -0.2) is 4.79 Å². The Hall–Kier alpha value is -4.59. The number of hydrazone groups is 1. The molecule has 0 fully saturated rings. The van der Waals surface area contributed by atoms with Gasteiger partial charge in [0.15, 0.2) is 0 Å². The van der Waals surface area contributed by atoms with Gasteiger partial charge in [-0.15, -0.1) is 0 Å². The average Bonchev–Trinajstić information content (AvgIpc) is 3.26. The van der Waals surface area contributed by atoms with Crippen molar-refractivity contribution in [2.24, 2.45) is 10.8 Å². The number of hydrogen-bond donors (Lipinski definition) is 4. The number of amides is 2. The number of H-pyrrole nitrogens is 1. The van der Waals surface area contributed by atoms with Crippen LogP contribution >= 0.6 is 0 Å². The molecular weight excluding hydrogens is 442 g/mol. The van der Waals surface area contributed by atoms with Gasteiger partial charge >= 0.3 is 6.09 Å². The number of nitrogens with two attached hydrogens (primary N) is 1. The fourth-order valence-corrected chi connectivity index (χ4v) is 3.64. The number of anilines is 1. The first-order valence-corrected chi connectivity index (χ1v) is 11.3. The summed E-state index contributed by atoms with van der Waals surface area (Å²) >= 11 is 0. The molecule has 0 atom stereocenters. The third-order valence-corrected chi connectivity index (χ3v) is 5.41. The number of aromatic nitrogens is 1. The Morgan fingerprint density at radius 3 is 2.57 bits per heavy atom. The summed E-state index contributed by atoms with van der Waals surface area (Å²) in [6.07, 6.45) is 4.14. The molecule has 4 aromatic rings. The van der Waals surface area contributed by atoms with E-state index in [1.54, 1.807) is 6.21 Å². The van der Waals surface area contributed by atoms with Gasteiger partial charge in [0.25, 0.3) is 0 Å². The summed E-state index contributed by atoms with van der Waals surface area (Å²) in [6.45, 7) is 0.709. The maximum absolute atomic E-state index is 12.0. The van der Waals surface area contributed by atoms with Crippen LogP contribution in [0.4, 0.5) is 10.5 Å². The van der Waals surface area contributed by atoms with Gasteiger partial charge in [0, 0.05) is 23.6 Å². The van der Waals surface area contributed by atoms with Crippen LogP contribution in [0.5, 0.6) is 0 Å². The van der Waals surface area contributed by atoms with E-state index in [2.05, 4.69) is 26.9 Å². The van der Waals surface area contributed by atoms with Crippen molar-refractivity contribution in [1.82, 2.24) is 10.3 Å². The van der Waals surface area contributed by atoms with Crippen LogP contribution < -0.4 is 16.5 Å². The van der Waals surface area contributed by atoms with Gasteiger partial charge in [-0.2, -0.15) is 5.10 Å². The van der Waals surface area contributed by atoms with E-state index >= 15 is 0 Å². The largest absolute Gasteiger partial charge is 0.445 e. The highest BCUT2D eigenvalue weighted by Crippen LogP contribution is 2.20. The van der Waals surface area contributed by atoms with Crippen molar-refractivity contribution in [3.05, 3.63) is 101 Å². The van der Waals surface area contributed by atoms with Crippen molar-refractivity contribution < 1.29 is 14.3 Å². The predicted molar refractivity (Wildman–Crippen MR) is 137 cm³/mol. The highest BCUT2D eigenvalue weighted by molar-refractivity contribution is 5.91. The molecule has 0 unspecified atom stereocenters. The normalized spacial score (nSPS) is 11.0. The van der Waals surface area contributed by atoms with Crippen LogP contribution in [-0.4, -0.2) is 29.7 Å². The number of rotatable bonds is 10. The molecule has 2 amide bonds. The van der Waals surface area contributed by atoms with Gasteiger partial charge in [0.2, 0.25) is 5.91 Å². The minimum absolute atomic E-state index is 0.215. The van der Waals surface area contributed by atoms with Crippen LogP contribution in [0.25, 0.3) is 10.9 Å². The number of hydrogen-bond acceptors (Lipinski definition) is 5. The Labute approximate surface area is 203 Å². The minimum atomic E-state index is -0.435. The number of fused-ring (bicyclic) bond motifs is 1. The molecule has 3 aromatic carbocycles. The number of carbonyl (C=O) groups is 2. The van der Waals surface area contributed by atoms with Crippen molar-refractivity contribution >= 4 is 34.8 Å². The van der Waals surface area contributed by atoms with Crippen LogP contribution in [0.2, 0.25) is 0 Å². The summed E-state index contributed by atoms with van der Waals surface area (Å²) in [6, 6.07) is 23.0. The quantitative estimate of drug-likeness (QED) is 0.206. The molecule has 8 nitrogen and oxygen atoms in total. The Balaban J connectivity index is 1.29. The van der Waals surface area contributed by atoms with E-state index < -0.39 is 6.09 Å². The number of benzene rings is 3. The molecule has 0 saturated carbocycles. The van der Waals surface area contributed by atoms with Crippen LogP contribution in [-0.2, 0) is 29.0 Å². The molecule has 178 valence electrons. The van der Waals surface area contributed by atoms with Crippen LogP contribution in [0, 0.1) is 0 Å². The zero-order valence-electron chi connectivity index (χ0n) is 19.2. The van der Waals surface area contributed by atoms with E-state index in [0.717, 1.165) is 38.8 Å². The zero-order valence-corrected chi connectivity index (χ0v) is 19.2. The molecule has 1 heterocycles. The van der Waals surface area contributed by atoms with E-state index in [0.29, 0.717) is 13.0 Å². The van der Waals surface area contributed by atoms with E-state index in [1.165, 1.54) is 0 Å². The SMILES string of the molecule is NC(=O)Cc1ccc(N/N=C/c2ccc3[nH]cc(CCNC(=O)OCc4ccccc4)c3c2)cc1. The van der Waals surface area contributed by atoms with Gasteiger partial charge in [-0.1, -0.05) is 48.5 Å². The van der Waals surface area contributed by atoms with Gasteiger partial charge in [-0.3, -0.25) is 10.2 Å². The summed E-state index contributed by atoms with van der Waals surface area (Å²) in [5.74, 6) is -0.359. The second kappa shape index (κ2) is 11.5. The second-order valence-electron chi connectivity index (χ2n) is 8.07. The van der Waals surface area contributed by atoms with Gasteiger partial charge in [-0.05, 0) is 52.9 Å². The first-order valence-electron chi connectivity index (χ1n) is 11.3. The lowest BCUT2D eigenvalue weighted by molar-refractivity contribution is -0.117. The fourth-order valence-electron chi connectivity index (χ4n) is 3.64. The Morgan fingerprint density at radius 1 is 1.00 bits per heavy atom. The summed E-state index contributed by atoms with van der Waals surface area (Å²) < 4.78 is 5.26. The van der Waals surface area contributed by atoms with Gasteiger partial charge in [0.1, 0.15) is 6.61 Å². The van der Waals surface area contributed by atoms with Gasteiger partial charge in [0.05, 0.1) is 18.3 Å². The van der Waals surface area contributed by atoms with Crippen molar-refractivity contribution in [2.45, 2.75) is 19.4 Å². The smallest absolute Gasteiger partial charge is 0.407 e. The first kappa shape index (κ1) is 23.6. The van der Waals surface area contributed by atoms with Crippen molar-refractivity contribution in [1.29, 1.82) is 0 Å². The van der Waals surface area contributed by atoms with E-state index in [4.69, 9.17) is 10.5 Å². The lowest BCUT2D eigenvalue weighted by Crippen LogP contribution is -2.26. The summed E-state index contributed by atoms with van der Waals surface area (Å²) in [7, 11) is 0. The van der Waals surface area contributed by atoms with Crippen molar-refractivity contribution in [3.63, 3.8) is 0 Å². The molecule has 0 aliphatic rings. The van der Waals surface area contributed by atoms with Crippen molar-refractivity contribution in [2.75, 3.05) is 12.0 Å². The molecule has 0 radical (unpaired) electrons. The third kappa shape index (κ3) is 6.94. The molecule has 5 N–H and O–H groups in total. The molecule has 35 heavy (non-hydrogen) atoms. The van der Waals surface area contributed by atoms with Crippen molar-refractivity contribution in [3.8, 4) is 0 Å². The molecule has 8 heteroatoms. The maximum atomic E-state index is 12.0. The van der Waals surface area contributed by atoms with E-state index in [-0.39, 0.29) is 18.9 Å². The highest BCUT2D eigenvalue weighted by Gasteiger charge is 2.07. The lowest BCUT2D eigenvalue weighted by atomic mass is 10.1. The molecule has 4 rings (SSSR count). The summed E-state index contributed by atoms with van der Waals surface area (Å²) in [5.41, 5.74) is 13.9. The Bertz CT molecular complexity index is 1310. The molecule has 0 spiro atoms. The zero-order chi connectivity index (χ0) is 24.5. The minimum Gasteiger partial charge on any atom is -0.445 e. The molecule has 0 aliphatic carbocycles. The second-order valence-corrected chi connectivity index (χ2v) is 8.07. The lowest BCUT2D eigenvalue weighted by Gasteiger charge is -2.07. The number of alkyl carbamates (subject to hydrolysis) is 1. The third-order valence-electron chi connectivity index (χ3n) is 5.41. The van der Waals surface area contributed by atoms with Crippen LogP contribution in [0.1, 0.15) is 22.3 Å². The molecule has 0 saturated heterocycles. The van der Waals surface area contributed by atoms with Gasteiger partial charge < -0.3 is 20.8 Å². The van der Waals surface area contributed by atoms with E-state index in [1.807, 2.05) is 72.9 Å². The standard InChI is InChI=1S/C27H27N5O3/c28-26(33)15-19-6-9-23(10-7-19)32-31-16-21-8-11-25-24(14-21)22(17-30-25)12-13-29-27(34)35-18-20-4-2-1-3-5-20/h1-11,14,16-17,30,32H,12-13,15,18H2,(H2,28,33)(H,29,34)/b31-16+. The molecular formula is C27H27N5O3. The molecule has 1 aromatic heterocycles. The molecule has 0 bridgehead atoms. The van der Waals surface area contributed by atoms with Crippen LogP contribution in [0.3, 0.4) is 0 Å².